The lowest BCUT2D eigenvalue weighted by Crippen LogP contribution is -2.42. The summed E-state index contributed by atoms with van der Waals surface area (Å²) < 4.78 is 10.6. The lowest BCUT2D eigenvalue weighted by atomic mass is 10.0. The maximum atomic E-state index is 10.4. The molecule has 0 bridgehead atoms. The number of methoxy groups -OCH3 is 2. The topological polar surface area (TPSA) is 76.3 Å². The first-order chi connectivity index (χ1) is 10.6. The van der Waals surface area contributed by atoms with E-state index in [0.717, 1.165) is 5.01 Å². The van der Waals surface area contributed by atoms with E-state index in [1.54, 1.807) is 25.5 Å². The zero-order valence-corrected chi connectivity index (χ0v) is 13.9. The number of nitrogens with zero attached hydrogens (tertiary/aromatic N) is 3. The van der Waals surface area contributed by atoms with E-state index in [1.165, 1.54) is 18.4 Å². The monoisotopic (exact) mass is 323 g/mol. The molecule has 0 spiro atoms. The fourth-order valence-electron chi connectivity index (χ4n) is 2.14. The first-order valence-electron chi connectivity index (χ1n) is 7.06. The third-order valence-electron chi connectivity index (χ3n) is 3.30. The fourth-order valence-corrected chi connectivity index (χ4v) is 2.68. The Labute approximate surface area is 134 Å². The molecular weight excluding hydrogens is 302 g/mol. The lowest BCUT2D eigenvalue weighted by molar-refractivity contribution is 0.197. The summed E-state index contributed by atoms with van der Waals surface area (Å²) in [5.41, 5.74) is 0. The summed E-state index contributed by atoms with van der Waals surface area (Å²) in [6.45, 7) is 4.07. The molecule has 1 aromatic rings. The van der Waals surface area contributed by atoms with Crippen LogP contribution in [0.15, 0.2) is 27.6 Å². The van der Waals surface area contributed by atoms with Crippen molar-refractivity contribution < 1.29 is 14.6 Å². The molecule has 1 N–H and O–H groups in total. The van der Waals surface area contributed by atoms with E-state index in [0.29, 0.717) is 11.8 Å². The third-order valence-corrected chi connectivity index (χ3v) is 4.04. The average Bonchev–Trinajstić information content (AvgIpc) is 3.04. The smallest absolute Gasteiger partial charge is 0.212 e. The van der Waals surface area contributed by atoms with E-state index in [9.17, 15) is 5.11 Å². The Balaban J connectivity index is 2.21. The minimum absolute atomic E-state index is 0.189. The van der Waals surface area contributed by atoms with Gasteiger partial charge < -0.3 is 14.6 Å². The van der Waals surface area contributed by atoms with Gasteiger partial charge in [0.15, 0.2) is 6.04 Å². The number of thiazole rings is 1. The number of aliphatic hydroxyl groups is 1. The van der Waals surface area contributed by atoms with Crippen molar-refractivity contribution in [1.29, 1.82) is 0 Å². The highest BCUT2D eigenvalue weighted by Gasteiger charge is 2.33. The van der Waals surface area contributed by atoms with Crippen LogP contribution in [-0.2, 0) is 9.47 Å². The number of ether oxygens (including phenoxy) is 2. The molecule has 0 aliphatic carbocycles. The van der Waals surface area contributed by atoms with Crippen LogP contribution < -0.4 is 0 Å². The minimum atomic E-state index is -0.860. The third kappa shape index (κ3) is 3.72. The molecule has 120 valence electrons. The first kappa shape index (κ1) is 16.6. The summed E-state index contributed by atoms with van der Waals surface area (Å²) >= 11 is 1.50. The van der Waals surface area contributed by atoms with Gasteiger partial charge in [0.25, 0.3) is 0 Å². The Morgan fingerprint density at radius 1 is 1.18 bits per heavy atom. The summed E-state index contributed by atoms with van der Waals surface area (Å²) in [4.78, 5) is 13.1. The van der Waals surface area contributed by atoms with Gasteiger partial charge in [-0.15, -0.1) is 11.3 Å². The number of hydrogen-bond donors (Lipinski definition) is 1. The molecular formula is C15H21N3O3S. The van der Waals surface area contributed by atoms with Gasteiger partial charge in [0.05, 0.1) is 14.2 Å². The van der Waals surface area contributed by atoms with E-state index in [-0.39, 0.29) is 12.0 Å². The molecule has 0 unspecified atom stereocenters. The van der Waals surface area contributed by atoms with E-state index >= 15 is 0 Å². The highest BCUT2D eigenvalue weighted by Crippen LogP contribution is 2.20. The van der Waals surface area contributed by atoms with Crippen molar-refractivity contribution >= 4 is 29.2 Å². The molecule has 0 radical (unpaired) electrons. The van der Waals surface area contributed by atoms with Crippen LogP contribution in [-0.4, -0.2) is 54.3 Å². The summed E-state index contributed by atoms with van der Waals surface area (Å²) in [6, 6.07) is -0.794. The van der Waals surface area contributed by atoms with Crippen molar-refractivity contribution in [3.8, 4) is 0 Å². The SMILES string of the molecule is COC1=N[C@H](C(C)C)C(OC)=N[C@H]1[C@H](O)/C=C/c1nccs1. The van der Waals surface area contributed by atoms with Crippen LogP contribution in [0.3, 0.4) is 0 Å². The van der Waals surface area contributed by atoms with Crippen LogP contribution >= 0.6 is 11.3 Å². The van der Waals surface area contributed by atoms with Gasteiger partial charge in [-0.2, -0.15) is 0 Å². The number of aliphatic imine (C=N–C) groups is 2. The van der Waals surface area contributed by atoms with Crippen LogP contribution in [0.1, 0.15) is 18.9 Å². The van der Waals surface area contributed by atoms with Crippen LogP contribution in [0.25, 0.3) is 6.08 Å². The second kappa shape index (κ2) is 7.51. The molecule has 0 amide bonds. The standard InChI is InChI=1S/C15H21N3O3S/c1-9(2)12-14(20-3)18-13(15(17-12)21-4)10(19)5-6-11-16-7-8-22-11/h5-10,12-13,19H,1-4H3/b6-5+/t10-,12-,13+/m1/s1. The molecule has 0 aromatic carbocycles. The predicted octanol–water partition coefficient (Wildman–Crippen LogP) is 2.01. The molecule has 6 nitrogen and oxygen atoms in total. The van der Waals surface area contributed by atoms with Gasteiger partial charge in [-0.05, 0) is 12.0 Å². The maximum absolute atomic E-state index is 10.4. The van der Waals surface area contributed by atoms with E-state index < -0.39 is 12.1 Å². The van der Waals surface area contributed by atoms with Gasteiger partial charge >= 0.3 is 0 Å². The highest BCUT2D eigenvalue weighted by atomic mass is 32.1. The average molecular weight is 323 g/mol. The molecule has 2 heterocycles. The molecule has 0 fully saturated rings. The second-order valence-electron chi connectivity index (χ2n) is 5.20. The van der Waals surface area contributed by atoms with Crippen molar-refractivity contribution in [3.05, 3.63) is 22.7 Å². The number of rotatable bonds is 4. The van der Waals surface area contributed by atoms with Crippen molar-refractivity contribution in [3.63, 3.8) is 0 Å². The van der Waals surface area contributed by atoms with Crippen LogP contribution in [0.4, 0.5) is 0 Å². The zero-order chi connectivity index (χ0) is 16.1. The van der Waals surface area contributed by atoms with Crippen molar-refractivity contribution in [2.45, 2.75) is 32.0 Å². The molecule has 3 atom stereocenters. The molecule has 1 aliphatic heterocycles. The zero-order valence-electron chi connectivity index (χ0n) is 13.1. The molecule has 2 rings (SSSR count). The molecule has 7 heteroatoms. The Kier molecular flexibility index (Phi) is 5.68. The number of aromatic nitrogens is 1. The van der Waals surface area contributed by atoms with Gasteiger partial charge in [-0.25, -0.2) is 15.0 Å². The normalized spacial score (nSPS) is 23.4. The quantitative estimate of drug-likeness (QED) is 0.919. The molecule has 1 aromatic heterocycles. The van der Waals surface area contributed by atoms with Gasteiger partial charge in [-0.3, -0.25) is 0 Å². The van der Waals surface area contributed by atoms with Gasteiger partial charge in [0.1, 0.15) is 17.2 Å². The van der Waals surface area contributed by atoms with E-state index in [2.05, 4.69) is 15.0 Å². The Hall–Kier alpha value is -1.73. The number of aliphatic hydroxyl groups excluding tert-OH is 1. The summed E-state index contributed by atoms with van der Waals surface area (Å²) in [5.74, 6) is 1.16. The highest BCUT2D eigenvalue weighted by molar-refractivity contribution is 7.10. The fraction of sp³-hybridized carbons (Fsp3) is 0.533. The Morgan fingerprint density at radius 3 is 2.36 bits per heavy atom. The summed E-state index contributed by atoms with van der Waals surface area (Å²) in [6.07, 6.45) is 4.26. The summed E-state index contributed by atoms with van der Waals surface area (Å²) in [7, 11) is 3.10. The van der Waals surface area contributed by atoms with Crippen LogP contribution in [0, 0.1) is 5.92 Å². The van der Waals surface area contributed by atoms with Crippen LogP contribution in [0.2, 0.25) is 0 Å². The predicted molar refractivity (Wildman–Crippen MR) is 88.5 cm³/mol. The van der Waals surface area contributed by atoms with Gasteiger partial charge in [-0.1, -0.05) is 19.9 Å². The van der Waals surface area contributed by atoms with E-state index in [4.69, 9.17) is 9.47 Å². The van der Waals surface area contributed by atoms with Crippen molar-refractivity contribution in [2.24, 2.45) is 15.9 Å². The van der Waals surface area contributed by atoms with E-state index in [1.807, 2.05) is 19.2 Å². The lowest BCUT2D eigenvalue weighted by Gasteiger charge is -2.28. The first-order valence-corrected chi connectivity index (χ1v) is 7.94. The number of hydrogen-bond acceptors (Lipinski definition) is 7. The van der Waals surface area contributed by atoms with Crippen LogP contribution in [0.5, 0.6) is 0 Å². The summed E-state index contributed by atoms with van der Waals surface area (Å²) in [5, 5.41) is 13.1. The Bertz CT molecular complexity index is 567. The van der Waals surface area contributed by atoms with Crippen molar-refractivity contribution in [1.82, 2.24) is 4.98 Å². The van der Waals surface area contributed by atoms with Gasteiger partial charge in [0.2, 0.25) is 11.8 Å². The maximum Gasteiger partial charge on any atom is 0.212 e. The molecule has 1 aliphatic rings. The second-order valence-corrected chi connectivity index (χ2v) is 6.12. The van der Waals surface area contributed by atoms with Gasteiger partial charge in [0, 0.05) is 11.6 Å². The minimum Gasteiger partial charge on any atom is -0.483 e. The molecule has 22 heavy (non-hydrogen) atoms. The Morgan fingerprint density at radius 2 is 1.82 bits per heavy atom. The molecule has 0 saturated carbocycles. The van der Waals surface area contributed by atoms with Crippen molar-refractivity contribution in [2.75, 3.05) is 14.2 Å². The largest absolute Gasteiger partial charge is 0.483 e. The molecule has 0 saturated heterocycles.